The first-order chi connectivity index (χ1) is 10.9. The maximum absolute atomic E-state index is 12.5. The van der Waals surface area contributed by atoms with Gasteiger partial charge in [0.25, 0.3) is 10.0 Å². The van der Waals surface area contributed by atoms with Crippen LogP contribution in [0.5, 0.6) is 0 Å². The van der Waals surface area contributed by atoms with Crippen LogP contribution in [0.3, 0.4) is 0 Å². The van der Waals surface area contributed by atoms with Crippen molar-refractivity contribution in [2.24, 2.45) is 5.92 Å². The molecule has 2 saturated heterocycles. The number of amides is 1. The van der Waals surface area contributed by atoms with Crippen molar-refractivity contribution >= 4 is 33.2 Å². The van der Waals surface area contributed by atoms with Crippen molar-refractivity contribution in [3.05, 3.63) is 17.5 Å². The van der Waals surface area contributed by atoms with Gasteiger partial charge in [0.15, 0.2) is 0 Å². The van der Waals surface area contributed by atoms with Gasteiger partial charge in [-0.1, -0.05) is 6.07 Å². The molecule has 2 fully saturated rings. The first-order valence-electron chi connectivity index (χ1n) is 7.45. The van der Waals surface area contributed by atoms with Gasteiger partial charge >= 0.3 is 5.97 Å². The Morgan fingerprint density at radius 2 is 2.00 bits per heavy atom. The molecule has 0 aromatic carbocycles. The lowest BCUT2D eigenvalue weighted by Gasteiger charge is -2.35. The molecule has 3 rings (SSSR count). The SMILES string of the molecule is O=C(O)C1CC(=O)N(C2CCN(S(=O)(=O)c3cccs3)CC2)C1. The highest BCUT2D eigenvalue weighted by Gasteiger charge is 2.40. The molecule has 1 N–H and O–H groups in total. The van der Waals surface area contributed by atoms with Crippen LogP contribution in [0.4, 0.5) is 0 Å². The summed E-state index contributed by atoms with van der Waals surface area (Å²) in [4.78, 5) is 24.6. The molecule has 0 radical (unpaired) electrons. The molecule has 1 amide bonds. The third-order valence-corrected chi connectivity index (χ3v) is 7.73. The number of aliphatic carboxylic acids is 1. The Labute approximate surface area is 138 Å². The van der Waals surface area contributed by atoms with E-state index in [2.05, 4.69) is 0 Å². The van der Waals surface area contributed by atoms with Gasteiger partial charge in [-0.3, -0.25) is 9.59 Å². The summed E-state index contributed by atoms with van der Waals surface area (Å²) in [5.74, 6) is -1.73. The maximum Gasteiger partial charge on any atom is 0.308 e. The number of rotatable bonds is 4. The second kappa shape index (κ2) is 6.21. The summed E-state index contributed by atoms with van der Waals surface area (Å²) < 4.78 is 26.7. The van der Waals surface area contributed by atoms with E-state index in [0.717, 1.165) is 0 Å². The van der Waals surface area contributed by atoms with Crippen molar-refractivity contribution in [2.45, 2.75) is 29.5 Å². The predicted molar refractivity (Wildman–Crippen MR) is 83.6 cm³/mol. The summed E-state index contributed by atoms with van der Waals surface area (Å²) >= 11 is 1.19. The van der Waals surface area contributed by atoms with Crippen molar-refractivity contribution in [3.8, 4) is 0 Å². The normalized spacial score (nSPS) is 24.3. The topological polar surface area (TPSA) is 95.0 Å². The molecule has 126 valence electrons. The highest BCUT2D eigenvalue weighted by atomic mass is 32.2. The zero-order valence-electron chi connectivity index (χ0n) is 12.4. The van der Waals surface area contributed by atoms with Crippen molar-refractivity contribution < 1.29 is 23.1 Å². The van der Waals surface area contributed by atoms with Crippen molar-refractivity contribution in [3.63, 3.8) is 0 Å². The summed E-state index contributed by atoms with van der Waals surface area (Å²) in [5, 5.41) is 10.8. The molecule has 3 heterocycles. The Morgan fingerprint density at radius 1 is 1.30 bits per heavy atom. The molecule has 1 atom stereocenters. The summed E-state index contributed by atoms with van der Waals surface area (Å²) in [6, 6.07) is 3.23. The van der Waals surface area contributed by atoms with Gasteiger partial charge in [0.1, 0.15) is 4.21 Å². The summed E-state index contributed by atoms with van der Waals surface area (Å²) in [7, 11) is -3.45. The van der Waals surface area contributed by atoms with Gasteiger partial charge in [0.05, 0.1) is 5.92 Å². The quantitative estimate of drug-likeness (QED) is 0.860. The van der Waals surface area contributed by atoms with E-state index in [0.29, 0.717) is 30.1 Å². The van der Waals surface area contributed by atoms with E-state index in [1.807, 2.05) is 0 Å². The van der Waals surface area contributed by atoms with E-state index < -0.39 is 21.9 Å². The molecular weight excluding hydrogens is 340 g/mol. The number of nitrogens with zero attached hydrogens (tertiary/aromatic N) is 2. The molecular formula is C14H18N2O5S2. The number of carbonyl (C=O) groups excluding carboxylic acids is 1. The lowest BCUT2D eigenvalue weighted by Crippen LogP contribution is -2.47. The fourth-order valence-electron chi connectivity index (χ4n) is 3.18. The van der Waals surface area contributed by atoms with Crippen LogP contribution in [0.1, 0.15) is 19.3 Å². The highest BCUT2D eigenvalue weighted by Crippen LogP contribution is 2.29. The number of carbonyl (C=O) groups is 2. The number of hydrogen-bond donors (Lipinski definition) is 1. The number of sulfonamides is 1. The van der Waals surface area contributed by atoms with Gasteiger partial charge in [0, 0.05) is 32.1 Å². The van der Waals surface area contributed by atoms with E-state index >= 15 is 0 Å². The van der Waals surface area contributed by atoms with Gasteiger partial charge < -0.3 is 10.0 Å². The molecule has 2 aliphatic heterocycles. The predicted octanol–water partition coefficient (Wildman–Crippen LogP) is 0.834. The Kier molecular flexibility index (Phi) is 4.43. The van der Waals surface area contributed by atoms with Gasteiger partial charge in [0.2, 0.25) is 5.91 Å². The van der Waals surface area contributed by atoms with Gasteiger partial charge in [-0.25, -0.2) is 8.42 Å². The zero-order chi connectivity index (χ0) is 16.6. The third kappa shape index (κ3) is 3.13. The smallest absolute Gasteiger partial charge is 0.308 e. The first kappa shape index (κ1) is 16.4. The van der Waals surface area contributed by atoms with Crippen LogP contribution in [0.15, 0.2) is 21.7 Å². The van der Waals surface area contributed by atoms with E-state index in [-0.39, 0.29) is 24.9 Å². The second-order valence-corrected chi connectivity index (χ2v) is 8.97. The molecule has 23 heavy (non-hydrogen) atoms. The summed E-state index contributed by atoms with van der Waals surface area (Å²) in [6.07, 6.45) is 1.13. The first-order valence-corrected chi connectivity index (χ1v) is 9.77. The molecule has 0 aliphatic carbocycles. The molecule has 1 aromatic heterocycles. The third-order valence-electron chi connectivity index (χ3n) is 4.46. The van der Waals surface area contributed by atoms with Crippen LogP contribution < -0.4 is 0 Å². The molecule has 0 bridgehead atoms. The number of carboxylic acid groups (broad SMARTS) is 1. The number of piperidine rings is 1. The lowest BCUT2D eigenvalue weighted by molar-refractivity contribution is -0.141. The van der Waals surface area contributed by atoms with Crippen molar-refractivity contribution in [1.82, 2.24) is 9.21 Å². The summed E-state index contributed by atoms with van der Waals surface area (Å²) in [6.45, 7) is 0.940. The average Bonchev–Trinajstić information content (AvgIpc) is 3.17. The zero-order valence-corrected chi connectivity index (χ0v) is 14.1. The van der Waals surface area contributed by atoms with Crippen LogP contribution in [-0.2, 0) is 19.6 Å². The molecule has 0 saturated carbocycles. The Hall–Kier alpha value is -1.45. The largest absolute Gasteiger partial charge is 0.481 e. The molecule has 0 spiro atoms. The van der Waals surface area contributed by atoms with Crippen LogP contribution >= 0.6 is 11.3 Å². The number of carboxylic acids is 1. The fraction of sp³-hybridized carbons (Fsp3) is 0.571. The van der Waals surface area contributed by atoms with Crippen LogP contribution in [0, 0.1) is 5.92 Å². The minimum absolute atomic E-state index is 0.0447. The van der Waals surface area contributed by atoms with E-state index in [9.17, 15) is 18.0 Å². The van der Waals surface area contributed by atoms with Crippen LogP contribution in [0.2, 0.25) is 0 Å². The number of likely N-dealkylation sites (tertiary alicyclic amines) is 1. The van der Waals surface area contributed by atoms with E-state index in [1.54, 1.807) is 22.4 Å². The molecule has 2 aliphatic rings. The minimum atomic E-state index is -3.45. The van der Waals surface area contributed by atoms with Gasteiger partial charge in [-0.05, 0) is 24.3 Å². The highest BCUT2D eigenvalue weighted by molar-refractivity contribution is 7.91. The Balaban J connectivity index is 1.63. The monoisotopic (exact) mass is 358 g/mol. The Bertz CT molecular complexity index is 693. The molecule has 7 nitrogen and oxygen atoms in total. The van der Waals surface area contributed by atoms with Crippen LogP contribution in [-0.4, -0.2) is 60.3 Å². The van der Waals surface area contributed by atoms with Crippen molar-refractivity contribution in [2.75, 3.05) is 19.6 Å². The van der Waals surface area contributed by atoms with Gasteiger partial charge in [-0.15, -0.1) is 11.3 Å². The number of hydrogen-bond acceptors (Lipinski definition) is 5. The van der Waals surface area contributed by atoms with E-state index in [1.165, 1.54) is 15.6 Å². The van der Waals surface area contributed by atoms with Gasteiger partial charge in [-0.2, -0.15) is 4.31 Å². The Morgan fingerprint density at radius 3 is 2.52 bits per heavy atom. The average molecular weight is 358 g/mol. The minimum Gasteiger partial charge on any atom is -0.481 e. The molecule has 9 heteroatoms. The maximum atomic E-state index is 12.5. The lowest BCUT2D eigenvalue weighted by atomic mass is 10.1. The van der Waals surface area contributed by atoms with Crippen LogP contribution in [0.25, 0.3) is 0 Å². The molecule has 1 unspecified atom stereocenters. The number of thiophene rings is 1. The molecule has 1 aromatic rings. The van der Waals surface area contributed by atoms with E-state index in [4.69, 9.17) is 5.11 Å². The summed E-state index contributed by atoms with van der Waals surface area (Å²) in [5.41, 5.74) is 0. The van der Waals surface area contributed by atoms with Crippen molar-refractivity contribution in [1.29, 1.82) is 0 Å². The second-order valence-electron chi connectivity index (χ2n) is 5.85. The fourth-order valence-corrected chi connectivity index (χ4v) is 5.80. The standard InChI is InChI=1S/C14H18N2O5S2/c17-12-8-10(14(18)19)9-16(12)11-3-5-15(6-4-11)23(20,21)13-2-1-7-22-13/h1-2,7,10-11H,3-6,8-9H2,(H,18,19).